The van der Waals surface area contributed by atoms with Crippen LogP contribution in [-0.2, 0) is 4.79 Å². The van der Waals surface area contributed by atoms with E-state index in [0.29, 0.717) is 23.2 Å². The first kappa shape index (κ1) is 38.0. The van der Waals surface area contributed by atoms with Gasteiger partial charge in [-0.05, 0) is 48.5 Å². The molecule has 2 N–H and O–H groups in total. The molecule has 1 unspecified atom stereocenters. The molecule has 1 aromatic carbocycles. The number of nitrogens with one attached hydrogen (secondary N) is 1. The van der Waals surface area contributed by atoms with Crippen LogP contribution in [0.15, 0.2) is 59.8 Å². The quantitative estimate of drug-likeness (QED) is 0.348. The molecule has 232 valence electrons. The number of carboxylic acid groups (broad SMARTS) is 1. The van der Waals surface area contributed by atoms with Crippen molar-refractivity contribution in [1.29, 1.82) is 0 Å². The predicted molar refractivity (Wildman–Crippen MR) is 169 cm³/mol. The first-order valence-electron chi connectivity index (χ1n) is 14.0. The molecule has 0 spiro atoms. The van der Waals surface area contributed by atoms with Crippen LogP contribution in [0, 0.1) is 12.8 Å². The molecule has 0 saturated carbocycles. The SMILES string of the molecule is C=C.CC.CC/C=c1/[nH]cn/c1=C/CC(F)(F)F.Cc1ccccc1C1=CCN=C(N(C)CCC(C)CC(=O)O)N=C1. The summed E-state index contributed by atoms with van der Waals surface area (Å²) in [6.45, 7) is 17.3. The number of aliphatic carboxylic acids is 1. The molecule has 3 rings (SSSR count). The molecule has 0 aliphatic carbocycles. The zero-order valence-electron chi connectivity index (χ0n) is 25.7. The Kier molecular flexibility index (Phi) is 18.9. The van der Waals surface area contributed by atoms with Crippen LogP contribution in [0.1, 0.15) is 64.5 Å². The molecule has 0 radical (unpaired) electrons. The van der Waals surface area contributed by atoms with Gasteiger partial charge in [-0.1, -0.05) is 64.1 Å². The molecule has 0 fully saturated rings. The van der Waals surface area contributed by atoms with Crippen molar-refractivity contribution < 1.29 is 23.1 Å². The molecule has 0 saturated heterocycles. The molecule has 42 heavy (non-hydrogen) atoms. The first-order chi connectivity index (χ1) is 20.0. The van der Waals surface area contributed by atoms with E-state index in [4.69, 9.17) is 5.11 Å². The van der Waals surface area contributed by atoms with E-state index >= 15 is 0 Å². The predicted octanol–water partition coefficient (Wildman–Crippen LogP) is 6.41. The van der Waals surface area contributed by atoms with E-state index in [2.05, 4.69) is 58.2 Å². The summed E-state index contributed by atoms with van der Waals surface area (Å²) >= 11 is 0. The molecular weight excluding hydrogens is 543 g/mol. The number of alkyl halides is 3. The van der Waals surface area contributed by atoms with Crippen molar-refractivity contribution in [2.45, 2.75) is 66.5 Å². The van der Waals surface area contributed by atoms with Gasteiger partial charge < -0.3 is 15.0 Å². The molecule has 2 aromatic rings. The number of imidazole rings is 1. The lowest BCUT2D eigenvalue weighted by atomic mass is 10.0. The highest BCUT2D eigenvalue weighted by molar-refractivity contribution is 6.14. The molecule has 0 amide bonds. The topological polar surface area (TPSA) is 93.9 Å². The number of aliphatic imine (C=N–C) groups is 2. The molecule has 2 heterocycles. The maximum Gasteiger partial charge on any atom is 0.392 e. The zero-order chi connectivity index (χ0) is 32.1. The van der Waals surface area contributed by atoms with Crippen LogP contribution in [0.4, 0.5) is 13.2 Å². The molecule has 0 bridgehead atoms. The lowest BCUT2D eigenvalue weighted by Crippen LogP contribution is -2.28. The Morgan fingerprint density at radius 1 is 1.21 bits per heavy atom. The van der Waals surface area contributed by atoms with Crippen LogP contribution in [0.2, 0.25) is 0 Å². The average molecular weight is 590 g/mol. The number of aryl methyl sites for hydroxylation is 1. The van der Waals surface area contributed by atoms with Crippen molar-refractivity contribution in [3.63, 3.8) is 0 Å². The summed E-state index contributed by atoms with van der Waals surface area (Å²) in [6, 6.07) is 8.24. The van der Waals surface area contributed by atoms with Crippen LogP contribution in [0.25, 0.3) is 17.7 Å². The van der Waals surface area contributed by atoms with Crippen LogP contribution >= 0.6 is 0 Å². The van der Waals surface area contributed by atoms with Gasteiger partial charge in [0.2, 0.25) is 5.96 Å². The standard InChI is InChI=1S/C19H25N3O2.C9H11F3N2.C2H6.C2H4/c1-14(12-18(23)24)9-11-22(3)19-20-10-8-16(13-21-19)17-7-5-4-6-15(17)2;1-2-3-7-8(14-6-13-7)4-5-9(10,11)12;2*1-2/h4-8,13-14H,9-12H2,1-3H3,(H,23,24);3-4,6H,2,5H2,1H3,(H,13,14);1-2H3;1-2H2/b;7-3+,8-4+;;. The molecule has 7 nitrogen and oxygen atoms in total. The number of allylic oxidation sites excluding steroid dienone is 1. The van der Waals surface area contributed by atoms with Gasteiger partial charge in [-0.25, -0.2) is 15.0 Å². The van der Waals surface area contributed by atoms with Gasteiger partial charge in [0, 0.05) is 26.2 Å². The fraction of sp³-hybridized carbons (Fsp3) is 0.438. The number of hydrogen-bond donors (Lipinski definition) is 2. The lowest BCUT2D eigenvalue weighted by molar-refractivity contribution is -0.138. The molecule has 1 aromatic heterocycles. The zero-order valence-corrected chi connectivity index (χ0v) is 25.7. The highest BCUT2D eigenvalue weighted by Gasteiger charge is 2.24. The summed E-state index contributed by atoms with van der Waals surface area (Å²) in [6.07, 6.45) is 4.87. The Bertz CT molecular complexity index is 1280. The monoisotopic (exact) mass is 589 g/mol. The van der Waals surface area contributed by atoms with Gasteiger partial charge in [0.25, 0.3) is 0 Å². The number of aromatic nitrogens is 2. The van der Waals surface area contributed by atoms with E-state index in [1.54, 1.807) is 6.08 Å². The fourth-order valence-electron chi connectivity index (χ4n) is 3.71. The Morgan fingerprint density at radius 3 is 2.48 bits per heavy atom. The minimum atomic E-state index is -4.16. The minimum Gasteiger partial charge on any atom is -0.481 e. The smallest absolute Gasteiger partial charge is 0.392 e. The van der Waals surface area contributed by atoms with E-state index < -0.39 is 18.6 Å². The Labute approximate surface area is 248 Å². The highest BCUT2D eigenvalue weighted by Crippen LogP contribution is 2.20. The Hall–Kier alpha value is -3.95. The molecule has 1 atom stereocenters. The second-order valence-electron chi connectivity index (χ2n) is 9.12. The molecule has 10 heteroatoms. The first-order valence-corrected chi connectivity index (χ1v) is 14.0. The van der Waals surface area contributed by atoms with Crippen molar-refractivity contribution in [3.05, 3.63) is 71.7 Å². The number of halogens is 3. The van der Waals surface area contributed by atoms with Gasteiger partial charge >= 0.3 is 12.1 Å². The normalized spacial score (nSPS) is 14.0. The van der Waals surface area contributed by atoms with Crippen LogP contribution in [0.3, 0.4) is 0 Å². The second kappa shape index (κ2) is 20.9. The van der Waals surface area contributed by atoms with E-state index in [-0.39, 0.29) is 12.3 Å². The number of benzene rings is 1. The third kappa shape index (κ3) is 15.2. The Morgan fingerprint density at radius 2 is 1.88 bits per heavy atom. The number of carbonyl (C=O) groups is 1. The van der Waals surface area contributed by atoms with Crippen molar-refractivity contribution in [2.75, 3.05) is 20.1 Å². The Balaban J connectivity index is 0.000000795. The maximum absolute atomic E-state index is 11.9. The number of guanidine groups is 1. The third-order valence-electron chi connectivity index (χ3n) is 5.78. The van der Waals surface area contributed by atoms with Gasteiger partial charge in [-0.2, -0.15) is 13.2 Å². The maximum atomic E-state index is 11.9. The van der Waals surface area contributed by atoms with Crippen molar-refractivity contribution >= 4 is 35.9 Å². The van der Waals surface area contributed by atoms with Crippen LogP contribution in [-0.4, -0.2) is 64.4 Å². The molecule has 1 aliphatic heterocycles. The third-order valence-corrected chi connectivity index (χ3v) is 5.78. The van der Waals surface area contributed by atoms with Gasteiger partial charge in [0.15, 0.2) is 0 Å². The van der Waals surface area contributed by atoms with Gasteiger partial charge in [-0.3, -0.25) is 4.79 Å². The number of aromatic amines is 1. The van der Waals surface area contributed by atoms with E-state index in [9.17, 15) is 18.0 Å². The summed E-state index contributed by atoms with van der Waals surface area (Å²) in [7, 11) is 1.95. The summed E-state index contributed by atoms with van der Waals surface area (Å²) in [5, 5.41) is 9.84. The minimum absolute atomic E-state index is 0.140. The highest BCUT2D eigenvalue weighted by atomic mass is 19.4. The second-order valence-corrected chi connectivity index (χ2v) is 9.12. The van der Waals surface area contributed by atoms with Crippen LogP contribution < -0.4 is 10.7 Å². The average Bonchev–Trinajstić information content (AvgIpc) is 3.26. The summed E-state index contributed by atoms with van der Waals surface area (Å²) < 4.78 is 35.7. The van der Waals surface area contributed by atoms with Gasteiger partial charge in [0.1, 0.15) is 0 Å². The van der Waals surface area contributed by atoms with E-state index in [1.165, 1.54) is 17.5 Å². The summed E-state index contributed by atoms with van der Waals surface area (Å²) in [5.74, 6) is 0.0837. The summed E-state index contributed by atoms with van der Waals surface area (Å²) in [4.78, 5) is 28.3. The van der Waals surface area contributed by atoms with Gasteiger partial charge in [-0.15, -0.1) is 13.2 Å². The van der Waals surface area contributed by atoms with Crippen molar-refractivity contribution in [1.82, 2.24) is 14.9 Å². The number of nitrogens with zero attached hydrogens (tertiary/aromatic N) is 4. The van der Waals surface area contributed by atoms with Crippen molar-refractivity contribution in [2.24, 2.45) is 15.9 Å². The molecule has 1 aliphatic rings. The van der Waals surface area contributed by atoms with E-state index in [1.807, 2.05) is 58.0 Å². The van der Waals surface area contributed by atoms with Crippen LogP contribution in [0.5, 0.6) is 0 Å². The summed E-state index contributed by atoms with van der Waals surface area (Å²) in [5.41, 5.74) is 3.48. The lowest BCUT2D eigenvalue weighted by Gasteiger charge is -2.19. The van der Waals surface area contributed by atoms with Gasteiger partial charge in [0.05, 0.1) is 30.0 Å². The number of rotatable bonds is 8. The van der Waals surface area contributed by atoms with Crippen molar-refractivity contribution in [3.8, 4) is 0 Å². The number of H-pyrrole nitrogens is 1. The number of hydrogen-bond acceptors (Lipinski definition) is 5. The largest absolute Gasteiger partial charge is 0.481 e. The molecular formula is C32H46F3N5O2. The number of carboxylic acids is 1. The fourth-order valence-corrected chi connectivity index (χ4v) is 3.71. The van der Waals surface area contributed by atoms with E-state index in [0.717, 1.165) is 31.0 Å².